The standard InChI is InChI=1S/C20H30N4OS/c1-19(2)8-15-9-20(3,11-19)12-23(15)16(25)10-26-18-22-21-17(13-4-5-13)24(18)14-6-7-14/h13-15H,4-12H2,1-3H3/t15-,20-/m1/s1. The number of rotatable bonds is 5. The molecule has 4 fully saturated rings. The number of amides is 1. The molecule has 1 aliphatic heterocycles. The van der Waals surface area contributed by atoms with E-state index in [1.54, 1.807) is 11.8 Å². The van der Waals surface area contributed by atoms with Crippen LogP contribution in [0.3, 0.4) is 0 Å². The van der Waals surface area contributed by atoms with Gasteiger partial charge in [0.1, 0.15) is 5.82 Å². The Morgan fingerprint density at radius 2 is 1.88 bits per heavy atom. The molecular formula is C20H30N4OS. The lowest BCUT2D eigenvalue weighted by Crippen LogP contribution is -2.38. The lowest BCUT2D eigenvalue weighted by atomic mass is 9.65. The van der Waals surface area contributed by atoms with Gasteiger partial charge in [-0.15, -0.1) is 10.2 Å². The van der Waals surface area contributed by atoms with Crippen LogP contribution in [0, 0.1) is 10.8 Å². The average molecular weight is 375 g/mol. The molecule has 5 nitrogen and oxygen atoms in total. The Balaban J connectivity index is 1.27. The van der Waals surface area contributed by atoms with E-state index in [-0.39, 0.29) is 0 Å². The number of thioether (sulfide) groups is 1. The summed E-state index contributed by atoms with van der Waals surface area (Å²) in [6.45, 7) is 8.02. The average Bonchev–Trinajstić information content (AvgIpc) is 3.47. The van der Waals surface area contributed by atoms with Crippen molar-refractivity contribution >= 4 is 17.7 Å². The summed E-state index contributed by atoms with van der Waals surface area (Å²) in [5.41, 5.74) is 0.658. The van der Waals surface area contributed by atoms with Crippen LogP contribution in [0.1, 0.15) is 83.5 Å². The molecule has 2 heterocycles. The van der Waals surface area contributed by atoms with Gasteiger partial charge in [0.25, 0.3) is 0 Å². The molecule has 2 bridgehead atoms. The van der Waals surface area contributed by atoms with Crippen LogP contribution in [0.15, 0.2) is 5.16 Å². The van der Waals surface area contributed by atoms with E-state index in [4.69, 9.17) is 0 Å². The lowest BCUT2D eigenvalue weighted by molar-refractivity contribution is -0.129. The summed E-state index contributed by atoms with van der Waals surface area (Å²) in [7, 11) is 0. The van der Waals surface area contributed by atoms with E-state index in [9.17, 15) is 4.79 Å². The maximum Gasteiger partial charge on any atom is 0.233 e. The van der Waals surface area contributed by atoms with Gasteiger partial charge in [0.2, 0.25) is 5.91 Å². The first-order valence-corrected chi connectivity index (χ1v) is 11.2. The van der Waals surface area contributed by atoms with Crippen molar-refractivity contribution in [1.29, 1.82) is 0 Å². The molecule has 1 aromatic heterocycles. The van der Waals surface area contributed by atoms with Crippen LogP contribution >= 0.6 is 11.8 Å². The lowest BCUT2D eigenvalue weighted by Gasteiger charge is -2.39. The number of aromatic nitrogens is 3. The van der Waals surface area contributed by atoms with Gasteiger partial charge in [-0.05, 0) is 55.8 Å². The third-order valence-electron chi connectivity index (χ3n) is 6.61. The van der Waals surface area contributed by atoms with Crippen LogP contribution in [0.25, 0.3) is 0 Å². The second-order valence-corrected chi connectivity index (χ2v) is 11.2. The predicted octanol–water partition coefficient (Wildman–Crippen LogP) is 4.01. The molecule has 3 aliphatic carbocycles. The Hall–Kier alpha value is -1.04. The smallest absolute Gasteiger partial charge is 0.233 e. The van der Waals surface area contributed by atoms with Gasteiger partial charge in [-0.1, -0.05) is 32.5 Å². The number of hydrogen-bond acceptors (Lipinski definition) is 4. The van der Waals surface area contributed by atoms with Crippen LogP contribution in [0.2, 0.25) is 0 Å². The zero-order chi connectivity index (χ0) is 18.1. The molecule has 0 radical (unpaired) electrons. The second kappa shape index (κ2) is 5.73. The summed E-state index contributed by atoms with van der Waals surface area (Å²) in [5, 5.41) is 9.88. The molecule has 26 heavy (non-hydrogen) atoms. The Labute approximate surface area is 160 Å². The topological polar surface area (TPSA) is 51.0 Å². The van der Waals surface area contributed by atoms with Crippen molar-refractivity contribution in [1.82, 2.24) is 19.7 Å². The molecule has 5 rings (SSSR count). The highest BCUT2D eigenvalue weighted by atomic mass is 32.2. The molecule has 1 aromatic rings. The van der Waals surface area contributed by atoms with Crippen molar-refractivity contribution in [3.05, 3.63) is 5.82 Å². The molecule has 142 valence electrons. The van der Waals surface area contributed by atoms with Crippen molar-refractivity contribution in [3.8, 4) is 0 Å². The fraction of sp³-hybridized carbons (Fsp3) is 0.850. The molecule has 0 spiro atoms. The first-order valence-electron chi connectivity index (χ1n) is 10.2. The summed E-state index contributed by atoms with van der Waals surface area (Å²) in [5.74, 6) is 2.59. The number of likely N-dealkylation sites (tertiary alicyclic amines) is 1. The van der Waals surface area contributed by atoms with Crippen molar-refractivity contribution in [2.45, 2.75) is 88.9 Å². The highest BCUT2D eigenvalue weighted by Gasteiger charge is 2.50. The number of nitrogens with zero attached hydrogens (tertiary/aromatic N) is 4. The number of fused-ring (bicyclic) bond motifs is 2. The van der Waals surface area contributed by atoms with Crippen molar-refractivity contribution < 1.29 is 4.79 Å². The second-order valence-electron chi connectivity index (χ2n) is 10.2. The summed E-state index contributed by atoms with van der Waals surface area (Å²) in [6.07, 6.45) is 8.52. The fourth-order valence-electron chi connectivity index (χ4n) is 5.64. The van der Waals surface area contributed by atoms with Crippen molar-refractivity contribution in [3.63, 3.8) is 0 Å². The van der Waals surface area contributed by atoms with Crippen molar-refractivity contribution in [2.24, 2.45) is 10.8 Å². The first-order chi connectivity index (χ1) is 12.3. The number of carbonyl (C=O) groups excluding carboxylic acids is 1. The molecule has 2 atom stereocenters. The van der Waals surface area contributed by atoms with Crippen molar-refractivity contribution in [2.75, 3.05) is 12.3 Å². The monoisotopic (exact) mass is 374 g/mol. The molecular weight excluding hydrogens is 344 g/mol. The number of carbonyl (C=O) groups is 1. The van der Waals surface area contributed by atoms with E-state index >= 15 is 0 Å². The van der Waals surface area contributed by atoms with E-state index in [0.29, 0.717) is 40.5 Å². The highest BCUT2D eigenvalue weighted by molar-refractivity contribution is 7.99. The zero-order valence-corrected chi connectivity index (χ0v) is 17.0. The van der Waals surface area contributed by atoms with Gasteiger partial charge < -0.3 is 9.47 Å². The molecule has 3 saturated carbocycles. The molecule has 0 N–H and O–H groups in total. The molecule has 4 aliphatic rings. The zero-order valence-electron chi connectivity index (χ0n) is 16.2. The summed E-state index contributed by atoms with van der Waals surface area (Å²) in [6, 6.07) is 1.02. The van der Waals surface area contributed by atoms with Crippen LogP contribution in [-0.2, 0) is 4.79 Å². The van der Waals surface area contributed by atoms with Crippen LogP contribution < -0.4 is 0 Å². The Morgan fingerprint density at radius 3 is 2.58 bits per heavy atom. The Kier molecular flexibility index (Phi) is 3.76. The maximum atomic E-state index is 13.0. The van der Waals surface area contributed by atoms with E-state index in [2.05, 4.69) is 40.4 Å². The highest BCUT2D eigenvalue weighted by Crippen LogP contribution is 2.52. The minimum atomic E-state index is 0.291. The molecule has 1 saturated heterocycles. The Bertz CT molecular complexity index is 736. The summed E-state index contributed by atoms with van der Waals surface area (Å²) < 4.78 is 2.35. The third kappa shape index (κ3) is 3.08. The Morgan fingerprint density at radius 1 is 1.12 bits per heavy atom. The van der Waals surface area contributed by atoms with Gasteiger partial charge in [0, 0.05) is 24.5 Å². The fourth-order valence-corrected chi connectivity index (χ4v) is 6.54. The van der Waals surface area contributed by atoms with Crippen LogP contribution in [-0.4, -0.2) is 43.9 Å². The third-order valence-corrected chi connectivity index (χ3v) is 7.53. The van der Waals surface area contributed by atoms with Gasteiger partial charge in [0.15, 0.2) is 5.16 Å². The largest absolute Gasteiger partial charge is 0.338 e. The molecule has 6 heteroatoms. The SMILES string of the molecule is CC1(C)C[C@@H]2C[C@@](C)(CN2C(=O)CSc2nnc(C3CC3)n2C2CC2)C1. The van der Waals surface area contributed by atoms with E-state index in [1.165, 1.54) is 44.3 Å². The number of hydrogen-bond donors (Lipinski definition) is 0. The normalized spacial score (nSPS) is 32.9. The van der Waals surface area contributed by atoms with Gasteiger partial charge in [-0.2, -0.15) is 0 Å². The van der Waals surface area contributed by atoms with Gasteiger partial charge >= 0.3 is 0 Å². The first kappa shape index (κ1) is 17.1. The summed E-state index contributed by atoms with van der Waals surface area (Å²) >= 11 is 1.61. The van der Waals surface area contributed by atoms with E-state index < -0.39 is 0 Å². The summed E-state index contributed by atoms with van der Waals surface area (Å²) in [4.78, 5) is 15.2. The maximum absolute atomic E-state index is 13.0. The van der Waals surface area contributed by atoms with E-state index in [0.717, 1.165) is 18.1 Å². The van der Waals surface area contributed by atoms with Gasteiger partial charge in [-0.3, -0.25) is 4.79 Å². The van der Waals surface area contributed by atoms with Gasteiger partial charge in [-0.25, -0.2) is 0 Å². The van der Waals surface area contributed by atoms with Gasteiger partial charge in [0.05, 0.1) is 5.75 Å². The molecule has 1 amide bonds. The van der Waals surface area contributed by atoms with Crippen LogP contribution in [0.4, 0.5) is 0 Å². The minimum absolute atomic E-state index is 0.291. The quantitative estimate of drug-likeness (QED) is 0.731. The molecule has 0 unspecified atom stereocenters. The predicted molar refractivity (Wildman–Crippen MR) is 102 cm³/mol. The van der Waals surface area contributed by atoms with Crippen LogP contribution in [0.5, 0.6) is 0 Å². The van der Waals surface area contributed by atoms with E-state index in [1.807, 2.05) is 0 Å². The minimum Gasteiger partial charge on any atom is -0.338 e. The molecule has 0 aromatic carbocycles.